The first-order valence-corrected chi connectivity index (χ1v) is 11.3. The van der Waals surface area contributed by atoms with Crippen LogP contribution in [-0.4, -0.2) is 39.3 Å². The molecule has 4 fully saturated rings. The number of aliphatic hydroxyl groups excluding tert-OH is 2. The van der Waals surface area contributed by atoms with E-state index in [1.54, 1.807) is 0 Å². The number of carboxylic acid groups (broad SMARTS) is 1. The van der Waals surface area contributed by atoms with E-state index in [-0.39, 0.29) is 41.1 Å². The number of Topliss-reactive ketones (excluding diaryl/α,β-unsaturated/α-hetero) is 1. The first kappa shape index (κ1) is 20.3. The van der Waals surface area contributed by atoms with Crippen LogP contribution >= 0.6 is 0 Å². The van der Waals surface area contributed by atoms with Crippen LogP contribution in [0.5, 0.6) is 0 Å². The average Bonchev–Trinajstić information content (AvgIpc) is 2.95. The second-order valence-electron chi connectivity index (χ2n) is 10.7. The second-order valence-corrected chi connectivity index (χ2v) is 10.7. The van der Waals surface area contributed by atoms with Gasteiger partial charge in [-0.25, -0.2) is 0 Å². The van der Waals surface area contributed by atoms with Gasteiger partial charge in [0.15, 0.2) is 0 Å². The molecular weight excluding hydrogens is 356 g/mol. The number of rotatable bonds is 4. The zero-order valence-electron chi connectivity index (χ0n) is 17.3. The predicted molar refractivity (Wildman–Crippen MR) is 104 cm³/mol. The lowest BCUT2D eigenvalue weighted by Gasteiger charge is -2.62. The number of carboxylic acids is 1. The molecule has 0 heterocycles. The van der Waals surface area contributed by atoms with Crippen molar-refractivity contribution in [1.82, 2.24) is 0 Å². The van der Waals surface area contributed by atoms with Crippen molar-refractivity contribution in [1.29, 1.82) is 0 Å². The molecule has 0 amide bonds. The maximum absolute atomic E-state index is 12.0. The number of ketones is 1. The summed E-state index contributed by atoms with van der Waals surface area (Å²) in [6.07, 6.45) is 6.50. The van der Waals surface area contributed by atoms with Crippen LogP contribution in [-0.2, 0) is 9.59 Å². The minimum absolute atomic E-state index is 0.0432. The van der Waals surface area contributed by atoms with Gasteiger partial charge < -0.3 is 15.3 Å². The number of hydrogen-bond acceptors (Lipinski definition) is 4. The van der Waals surface area contributed by atoms with Gasteiger partial charge in [-0.1, -0.05) is 13.8 Å². The molecule has 0 radical (unpaired) electrons. The van der Waals surface area contributed by atoms with Crippen LogP contribution in [0.25, 0.3) is 0 Å². The zero-order chi connectivity index (χ0) is 20.3. The highest BCUT2D eigenvalue weighted by molar-refractivity contribution is 5.79. The molecule has 9 atom stereocenters. The third-order valence-corrected chi connectivity index (χ3v) is 9.74. The fraction of sp³-hybridized carbons (Fsp3) is 0.913. The van der Waals surface area contributed by atoms with Gasteiger partial charge in [0.1, 0.15) is 5.78 Å². The highest BCUT2D eigenvalue weighted by Crippen LogP contribution is 2.67. The maximum Gasteiger partial charge on any atom is 0.303 e. The summed E-state index contributed by atoms with van der Waals surface area (Å²) in [6.45, 7) is 4.50. The monoisotopic (exact) mass is 392 g/mol. The van der Waals surface area contributed by atoms with Crippen LogP contribution in [0.2, 0.25) is 0 Å². The summed E-state index contributed by atoms with van der Waals surface area (Å²) in [7, 11) is 0. The van der Waals surface area contributed by atoms with Crippen molar-refractivity contribution in [3.63, 3.8) is 0 Å². The van der Waals surface area contributed by atoms with Crippen LogP contribution < -0.4 is 0 Å². The van der Waals surface area contributed by atoms with Crippen molar-refractivity contribution in [3.05, 3.63) is 0 Å². The molecule has 0 aromatic carbocycles. The van der Waals surface area contributed by atoms with Crippen molar-refractivity contribution >= 4 is 11.8 Å². The Hall–Kier alpha value is -0.940. The molecule has 28 heavy (non-hydrogen) atoms. The van der Waals surface area contributed by atoms with Crippen LogP contribution in [0.1, 0.15) is 78.1 Å². The molecule has 0 saturated heterocycles. The number of hydrogen-bond donors (Lipinski definition) is 3. The lowest BCUT2D eigenvalue weighted by atomic mass is 9.43. The Bertz CT molecular complexity index is 647. The molecule has 0 aromatic heterocycles. The highest BCUT2D eigenvalue weighted by atomic mass is 16.4. The number of carbonyl (C=O) groups excluding carboxylic acids is 1. The van der Waals surface area contributed by atoms with Crippen LogP contribution in [0, 0.1) is 40.4 Å². The van der Waals surface area contributed by atoms with Gasteiger partial charge in [-0.15, -0.1) is 0 Å². The van der Waals surface area contributed by atoms with Gasteiger partial charge in [0.25, 0.3) is 0 Å². The second kappa shape index (κ2) is 7.09. The van der Waals surface area contributed by atoms with E-state index in [0.29, 0.717) is 43.3 Å². The molecule has 4 saturated carbocycles. The molecule has 4 aliphatic carbocycles. The van der Waals surface area contributed by atoms with Gasteiger partial charge in [-0.05, 0) is 85.4 Å². The van der Waals surface area contributed by atoms with Crippen molar-refractivity contribution in [2.75, 3.05) is 0 Å². The summed E-state index contributed by atoms with van der Waals surface area (Å²) >= 11 is 0. The number of carbonyl (C=O) groups is 2. The topological polar surface area (TPSA) is 94.8 Å². The van der Waals surface area contributed by atoms with Crippen molar-refractivity contribution in [3.8, 4) is 0 Å². The fourth-order valence-corrected chi connectivity index (χ4v) is 8.08. The smallest absolute Gasteiger partial charge is 0.303 e. The molecule has 5 nitrogen and oxygen atoms in total. The van der Waals surface area contributed by atoms with Crippen molar-refractivity contribution < 1.29 is 24.9 Å². The summed E-state index contributed by atoms with van der Waals surface area (Å²) in [5, 5.41) is 31.5. The normalized spacial score (nSPS) is 50.6. The Morgan fingerprint density at radius 2 is 1.89 bits per heavy atom. The summed E-state index contributed by atoms with van der Waals surface area (Å²) < 4.78 is 0. The van der Waals surface area contributed by atoms with Crippen LogP contribution in [0.3, 0.4) is 0 Å². The Balaban J connectivity index is 1.59. The first-order valence-electron chi connectivity index (χ1n) is 11.3. The average molecular weight is 393 g/mol. The summed E-state index contributed by atoms with van der Waals surface area (Å²) in [6, 6.07) is 0. The van der Waals surface area contributed by atoms with E-state index in [1.807, 2.05) is 0 Å². The molecule has 0 aliphatic heterocycles. The van der Waals surface area contributed by atoms with E-state index >= 15 is 0 Å². The zero-order valence-corrected chi connectivity index (χ0v) is 17.3. The Morgan fingerprint density at radius 1 is 1.14 bits per heavy atom. The Labute approximate surface area is 167 Å². The van der Waals surface area contributed by atoms with Crippen LogP contribution in [0.15, 0.2) is 0 Å². The van der Waals surface area contributed by atoms with Gasteiger partial charge in [-0.3, -0.25) is 9.59 Å². The molecule has 0 aromatic rings. The SMILES string of the molecule is C[C@]12CCC(=O)C[C@H]1C[C@@H](O)[C@@H]1[C@@H]2C[C@H](O)[C@]2(C)[C@@H](CCCC(=O)O)CC[C@@H]12. The Morgan fingerprint density at radius 3 is 2.61 bits per heavy atom. The minimum Gasteiger partial charge on any atom is -0.481 e. The quantitative estimate of drug-likeness (QED) is 0.681. The number of aliphatic hydroxyl groups is 2. The third kappa shape index (κ3) is 2.96. The van der Waals surface area contributed by atoms with Crippen molar-refractivity contribution in [2.24, 2.45) is 40.4 Å². The first-order chi connectivity index (χ1) is 13.2. The predicted octanol–water partition coefficient (Wildman–Crippen LogP) is 3.41. The molecule has 0 spiro atoms. The van der Waals surface area contributed by atoms with Gasteiger partial charge in [-0.2, -0.15) is 0 Å². The van der Waals surface area contributed by atoms with E-state index in [2.05, 4.69) is 13.8 Å². The van der Waals surface area contributed by atoms with Gasteiger partial charge in [0, 0.05) is 19.3 Å². The standard InChI is InChI=1S/C23H36O5/c1-22-9-8-15(24)10-14(22)11-18(25)21-16-7-6-13(4-3-5-20(27)28)23(16,2)19(26)12-17(21)22/h13-14,16-19,21,25-26H,3-12H2,1-2H3,(H,27,28)/t13-,14-,16-,17-,18+,19-,21-,22-,23+/m0/s1. The van der Waals surface area contributed by atoms with E-state index in [0.717, 1.165) is 32.1 Å². The fourth-order valence-electron chi connectivity index (χ4n) is 8.08. The molecule has 4 rings (SSSR count). The summed E-state index contributed by atoms with van der Waals surface area (Å²) in [5.41, 5.74) is -0.185. The lowest BCUT2D eigenvalue weighted by molar-refractivity contribution is -0.198. The van der Waals surface area contributed by atoms with E-state index in [1.165, 1.54) is 0 Å². The molecule has 0 unspecified atom stereocenters. The van der Waals surface area contributed by atoms with Gasteiger partial charge in [0.05, 0.1) is 12.2 Å². The van der Waals surface area contributed by atoms with Crippen molar-refractivity contribution in [2.45, 2.75) is 90.3 Å². The lowest BCUT2D eigenvalue weighted by Crippen LogP contribution is -2.61. The molecule has 3 N–H and O–H groups in total. The van der Waals surface area contributed by atoms with Crippen LogP contribution in [0.4, 0.5) is 0 Å². The summed E-state index contributed by atoms with van der Waals surface area (Å²) in [4.78, 5) is 23.0. The third-order valence-electron chi connectivity index (χ3n) is 9.74. The minimum atomic E-state index is -0.752. The molecule has 4 aliphatic rings. The van der Waals surface area contributed by atoms with E-state index in [9.17, 15) is 19.8 Å². The number of fused-ring (bicyclic) bond motifs is 5. The summed E-state index contributed by atoms with van der Waals surface area (Å²) in [5.74, 6) is 0.924. The van der Waals surface area contributed by atoms with E-state index < -0.39 is 12.1 Å². The highest BCUT2D eigenvalue weighted by Gasteiger charge is 2.65. The Kier molecular flexibility index (Phi) is 5.15. The van der Waals surface area contributed by atoms with Gasteiger partial charge in [0.2, 0.25) is 0 Å². The number of aliphatic carboxylic acids is 1. The molecule has 5 heteroatoms. The van der Waals surface area contributed by atoms with E-state index in [4.69, 9.17) is 5.11 Å². The maximum atomic E-state index is 12.0. The molecular formula is C23H36O5. The molecule has 158 valence electrons. The molecule has 0 bridgehead atoms. The largest absolute Gasteiger partial charge is 0.481 e. The van der Waals surface area contributed by atoms with Gasteiger partial charge >= 0.3 is 5.97 Å².